The lowest BCUT2D eigenvalue weighted by Crippen LogP contribution is -2.32. The molecule has 2 aromatic carbocycles. The first kappa shape index (κ1) is 17.8. The molecular formula is C19H18F2N2O3. The van der Waals surface area contributed by atoms with Crippen LogP contribution in [0.25, 0.3) is 0 Å². The molecule has 0 radical (unpaired) electrons. The van der Waals surface area contributed by atoms with Crippen molar-refractivity contribution in [3.05, 3.63) is 59.7 Å². The molecule has 3 rings (SSSR count). The Kier molecular flexibility index (Phi) is 5.16. The van der Waals surface area contributed by atoms with Gasteiger partial charge in [-0.15, -0.1) is 0 Å². The molecule has 1 aliphatic heterocycles. The summed E-state index contributed by atoms with van der Waals surface area (Å²) >= 11 is 0. The number of rotatable bonds is 5. The number of amides is 2. The van der Waals surface area contributed by atoms with Gasteiger partial charge in [0.15, 0.2) is 0 Å². The third-order valence-corrected chi connectivity index (χ3v) is 4.30. The summed E-state index contributed by atoms with van der Waals surface area (Å²) in [6.07, 6.45) is -0.00408. The van der Waals surface area contributed by atoms with E-state index in [1.54, 1.807) is 13.2 Å². The van der Waals surface area contributed by atoms with E-state index in [9.17, 15) is 18.4 Å². The fraction of sp³-hybridized carbons (Fsp3) is 0.263. The molecule has 7 heteroatoms. The number of halogens is 2. The molecule has 0 bridgehead atoms. The maximum absolute atomic E-state index is 13.4. The van der Waals surface area contributed by atoms with Crippen molar-refractivity contribution in [1.29, 1.82) is 0 Å². The van der Waals surface area contributed by atoms with E-state index >= 15 is 0 Å². The highest BCUT2D eigenvalue weighted by Gasteiger charge is 2.35. The molecule has 1 fully saturated rings. The van der Waals surface area contributed by atoms with Crippen LogP contribution < -0.4 is 15.0 Å². The van der Waals surface area contributed by atoms with E-state index in [1.165, 1.54) is 4.90 Å². The smallest absolute Gasteiger partial charge is 0.227 e. The van der Waals surface area contributed by atoms with E-state index in [4.69, 9.17) is 4.74 Å². The van der Waals surface area contributed by atoms with Crippen molar-refractivity contribution >= 4 is 17.5 Å². The minimum Gasteiger partial charge on any atom is -0.496 e. The first-order chi connectivity index (χ1) is 12.5. The Morgan fingerprint density at radius 2 is 1.92 bits per heavy atom. The maximum atomic E-state index is 13.4. The predicted octanol–water partition coefficient (Wildman–Crippen LogP) is 2.64. The topological polar surface area (TPSA) is 58.6 Å². The molecule has 2 aromatic rings. The number of hydrogen-bond donors (Lipinski definition) is 1. The fourth-order valence-corrected chi connectivity index (χ4v) is 3.00. The summed E-state index contributed by atoms with van der Waals surface area (Å²) in [7, 11) is 1.55. The van der Waals surface area contributed by atoms with Gasteiger partial charge >= 0.3 is 0 Å². The molecule has 1 unspecified atom stereocenters. The van der Waals surface area contributed by atoms with Crippen LogP contribution in [-0.4, -0.2) is 25.5 Å². The predicted molar refractivity (Wildman–Crippen MR) is 91.7 cm³/mol. The summed E-state index contributed by atoms with van der Waals surface area (Å²) in [6, 6.07) is 10.2. The van der Waals surface area contributed by atoms with Crippen LogP contribution in [0.15, 0.2) is 42.5 Å². The molecule has 136 valence electrons. The number of anilines is 1. The van der Waals surface area contributed by atoms with Gasteiger partial charge in [0.1, 0.15) is 17.4 Å². The summed E-state index contributed by atoms with van der Waals surface area (Å²) in [6.45, 7) is 0.349. The lowest BCUT2D eigenvalue weighted by Gasteiger charge is -2.17. The van der Waals surface area contributed by atoms with Crippen LogP contribution in [-0.2, 0) is 16.1 Å². The van der Waals surface area contributed by atoms with Gasteiger partial charge < -0.3 is 15.0 Å². The van der Waals surface area contributed by atoms with E-state index in [0.717, 1.165) is 23.8 Å². The molecule has 2 amide bonds. The largest absolute Gasteiger partial charge is 0.496 e. The molecule has 1 heterocycles. The van der Waals surface area contributed by atoms with Crippen LogP contribution in [0, 0.1) is 17.6 Å². The van der Waals surface area contributed by atoms with Gasteiger partial charge in [-0.1, -0.05) is 18.2 Å². The van der Waals surface area contributed by atoms with E-state index in [2.05, 4.69) is 5.32 Å². The number of nitrogens with one attached hydrogen (secondary N) is 1. The Balaban J connectivity index is 1.65. The SMILES string of the molecule is COc1ccccc1CNC(=O)C1CC(=O)N(c2cc(F)cc(F)c2)C1. The van der Waals surface area contributed by atoms with Gasteiger partial charge in [0.2, 0.25) is 11.8 Å². The highest BCUT2D eigenvalue weighted by molar-refractivity contribution is 6.00. The molecule has 1 saturated heterocycles. The summed E-state index contributed by atoms with van der Waals surface area (Å²) in [4.78, 5) is 25.8. The number of ether oxygens (including phenoxy) is 1. The maximum Gasteiger partial charge on any atom is 0.227 e. The molecule has 1 atom stereocenters. The fourth-order valence-electron chi connectivity index (χ4n) is 3.00. The van der Waals surface area contributed by atoms with Gasteiger partial charge in [-0.05, 0) is 18.2 Å². The average Bonchev–Trinajstić information content (AvgIpc) is 3.01. The molecule has 0 aromatic heterocycles. The lowest BCUT2D eigenvalue weighted by molar-refractivity contribution is -0.126. The normalized spacial score (nSPS) is 16.7. The first-order valence-corrected chi connectivity index (χ1v) is 8.14. The van der Waals surface area contributed by atoms with Crippen molar-refractivity contribution in [2.75, 3.05) is 18.6 Å². The van der Waals surface area contributed by atoms with Crippen molar-refractivity contribution in [2.45, 2.75) is 13.0 Å². The van der Waals surface area contributed by atoms with Crippen LogP contribution in [0.5, 0.6) is 5.75 Å². The van der Waals surface area contributed by atoms with Crippen molar-refractivity contribution in [3.63, 3.8) is 0 Å². The van der Waals surface area contributed by atoms with Crippen molar-refractivity contribution in [2.24, 2.45) is 5.92 Å². The second kappa shape index (κ2) is 7.51. The Morgan fingerprint density at radius 3 is 2.62 bits per heavy atom. The Morgan fingerprint density at radius 1 is 1.23 bits per heavy atom. The van der Waals surface area contributed by atoms with Crippen LogP contribution in [0.2, 0.25) is 0 Å². The van der Waals surface area contributed by atoms with Crippen molar-refractivity contribution in [1.82, 2.24) is 5.32 Å². The number of methoxy groups -OCH3 is 1. The lowest BCUT2D eigenvalue weighted by atomic mass is 10.1. The highest BCUT2D eigenvalue weighted by Crippen LogP contribution is 2.27. The number of hydrogen-bond acceptors (Lipinski definition) is 3. The third-order valence-electron chi connectivity index (χ3n) is 4.30. The van der Waals surface area contributed by atoms with Gasteiger partial charge in [-0.3, -0.25) is 9.59 Å². The minimum atomic E-state index is -0.767. The highest BCUT2D eigenvalue weighted by atomic mass is 19.1. The molecule has 5 nitrogen and oxygen atoms in total. The number of para-hydroxylation sites is 1. The minimum absolute atomic E-state index is 0.00408. The van der Waals surface area contributed by atoms with Crippen LogP contribution in [0.3, 0.4) is 0 Å². The second-order valence-electron chi connectivity index (χ2n) is 6.06. The van der Waals surface area contributed by atoms with Crippen molar-refractivity contribution in [3.8, 4) is 5.75 Å². The quantitative estimate of drug-likeness (QED) is 0.892. The van der Waals surface area contributed by atoms with Crippen LogP contribution in [0.1, 0.15) is 12.0 Å². The number of nitrogens with zero attached hydrogens (tertiary/aromatic N) is 1. The zero-order valence-corrected chi connectivity index (χ0v) is 14.2. The van der Waals surface area contributed by atoms with Crippen molar-refractivity contribution < 1.29 is 23.1 Å². The molecular weight excluding hydrogens is 342 g/mol. The molecule has 0 aliphatic carbocycles. The van der Waals surface area contributed by atoms with Crippen LogP contribution in [0.4, 0.5) is 14.5 Å². The summed E-state index contributed by atoms with van der Waals surface area (Å²) in [5, 5.41) is 2.78. The Labute approximate surface area is 149 Å². The van der Waals surface area contributed by atoms with Gasteiger partial charge in [-0.2, -0.15) is 0 Å². The molecule has 0 spiro atoms. The summed E-state index contributed by atoms with van der Waals surface area (Å²) in [5.41, 5.74) is 0.934. The second-order valence-corrected chi connectivity index (χ2v) is 6.06. The van der Waals surface area contributed by atoms with Gasteiger partial charge in [0.25, 0.3) is 0 Å². The molecule has 26 heavy (non-hydrogen) atoms. The summed E-state index contributed by atoms with van der Waals surface area (Å²) < 4.78 is 32.0. The average molecular weight is 360 g/mol. The first-order valence-electron chi connectivity index (χ1n) is 8.14. The monoisotopic (exact) mass is 360 g/mol. The molecule has 0 saturated carbocycles. The van der Waals surface area contributed by atoms with Gasteiger partial charge in [-0.25, -0.2) is 8.78 Å². The Bertz CT molecular complexity index is 821. The molecule has 1 aliphatic rings. The van der Waals surface area contributed by atoms with E-state index in [-0.39, 0.29) is 37.0 Å². The van der Waals surface area contributed by atoms with Gasteiger partial charge in [0, 0.05) is 36.8 Å². The zero-order valence-electron chi connectivity index (χ0n) is 14.2. The standard InChI is InChI=1S/C19H18F2N2O3/c1-26-17-5-3-2-4-12(17)10-22-19(25)13-6-18(24)23(11-13)16-8-14(20)7-15(21)9-16/h2-5,7-9,13H,6,10-11H2,1H3,(H,22,25). The molecule has 1 N–H and O–H groups in total. The van der Waals surface area contributed by atoms with E-state index in [0.29, 0.717) is 5.75 Å². The zero-order chi connectivity index (χ0) is 18.7. The number of carbonyl (C=O) groups excluding carboxylic acids is 2. The van der Waals surface area contributed by atoms with Gasteiger partial charge in [0.05, 0.1) is 13.0 Å². The number of carbonyl (C=O) groups is 2. The summed E-state index contributed by atoms with van der Waals surface area (Å²) in [5.74, 6) is -2.08. The van der Waals surface area contributed by atoms with E-state index in [1.807, 2.05) is 18.2 Å². The number of benzene rings is 2. The van der Waals surface area contributed by atoms with E-state index < -0.39 is 17.6 Å². The Hall–Kier alpha value is -2.96. The van der Waals surface area contributed by atoms with Crippen LogP contribution >= 0.6 is 0 Å². The third kappa shape index (κ3) is 3.82.